The summed E-state index contributed by atoms with van der Waals surface area (Å²) in [5, 5.41) is 3.81. The van der Waals surface area contributed by atoms with Crippen LogP contribution in [0.3, 0.4) is 0 Å². The number of halogens is 2. The summed E-state index contributed by atoms with van der Waals surface area (Å²) in [6, 6.07) is 3.84. The zero-order valence-corrected chi connectivity index (χ0v) is 13.1. The molecule has 0 aliphatic carbocycles. The van der Waals surface area contributed by atoms with Gasteiger partial charge in [0, 0.05) is 12.6 Å². The molecule has 2 N–H and O–H groups in total. The highest BCUT2D eigenvalue weighted by molar-refractivity contribution is 9.10. The number of imidazole rings is 1. The lowest BCUT2D eigenvalue weighted by molar-refractivity contribution is 0.760. The molecule has 0 atom stereocenters. The molecule has 0 bridgehead atoms. The number of aromatic amines is 1. The molecule has 0 amide bonds. The Bertz CT molecular complexity index is 541. The Labute approximate surface area is 126 Å². The molecule has 0 unspecified atom stereocenters. The Morgan fingerprint density at radius 3 is 3.05 bits per heavy atom. The Morgan fingerprint density at radius 2 is 2.32 bits per heavy atom. The van der Waals surface area contributed by atoms with E-state index >= 15 is 0 Å². The minimum Gasteiger partial charge on any atom is -0.377 e. The molecule has 6 heteroatoms. The van der Waals surface area contributed by atoms with E-state index in [2.05, 4.69) is 43.1 Å². The van der Waals surface area contributed by atoms with Crippen LogP contribution < -0.4 is 5.32 Å². The lowest BCUT2D eigenvalue weighted by atomic mass is 10.2. The van der Waals surface area contributed by atoms with Gasteiger partial charge in [-0.2, -0.15) is 0 Å². The number of nitrogens with zero attached hydrogens (tertiary/aromatic N) is 2. The minimum atomic E-state index is 0.540. The van der Waals surface area contributed by atoms with Crippen LogP contribution in [-0.2, 0) is 13.0 Å². The first-order valence-corrected chi connectivity index (χ1v) is 7.45. The molecular weight excluding hydrogens is 328 g/mol. The van der Waals surface area contributed by atoms with E-state index in [-0.39, 0.29) is 0 Å². The molecule has 0 saturated carbocycles. The smallest absolute Gasteiger partial charge is 0.152 e. The Morgan fingerprint density at radius 1 is 1.47 bits per heavy atom. The topological polar surface area (TPSA) is 53.6 Å². The highest BCUT2D eigenvalue weighted by Crippen LogP contribution is 2.21. The van der Waals surface area contributed by atoms with Gasteiger partial charge in [0.1, 0.15) is 10.4 Å². The molecule has 19 heavy (non-hydrogen) atoms. The average molecular weight is 344 g/mol. The van der Waals surface area contributed by atoms with Crippen LogP contribution in [-0.4, -0.2) is 15.0 Å². The quantitative estimate of drug-likeness (QED) is 0.774. The SMILES string of the molecule is CCCCc1nc(Cl)c(CNc2cccnc2Br)[nH]1. The molecule has 0 spiro atoms. The number of hydrogen-bond acceptors (Lipinski definition) is 3. The molecule has 0 aromatic carbocycles. The maximum absolute atomic E-state index is 6.12. The average Bonchev–Trinajstić information content (AvgIpc) is 2.76. The number of nitrogens with one attached hydrogen (secondary N) is 2. The van der Waals surface area contributed by atoms with Gasteiger partial charge >= 0.3 is 0 Å². The van der Waals surface area contributed by atoms with Gasteiger partial charge < -0.3 is 10.3 Å². The van der Waals surface area contributed by atoms with Crippen molar-refractivity contribution in [1.82, 2.24) is 15.0 Å². The van der Waals surface area contributed by atoms with Crippen LogP contribution in [0.2, 0.25) is 5.15 Å². The van der Waals surface area contributed by atoms with E-state index in [4.69, 9.17) is 11.6 Å². The monoisotopic (exact) mass is 342 g/mol. The van der Waals surface area contributed by atoms with E-state index < -0.39 is 0 Å². The van der Waals surface area contributed by atoms with Crippen molar-refractivity contribution in [3.8, 4) is 0 Å². The highest BCUT2D eigenvalue weighted by Gasteiger charge is 2.08. The number of pyridine rings is 1. The number of aromatic nitrogens is 3. The third-order valence-corrected chi connectivity index (χ3v) is 3.70. The molecule has 2 aromatic heterocycles. The first-order chi connectivity index (χ1) is 9.20. The number of anilines is 1. The van der Waals surface area contributed by atoms with Crippen LogP contribution in [0.25, 0.3) is 0 Å². The summed E-state index contributed by atoms with van der Waals surface area (Å²) >= 11 is 9.52. The van der Waals surface area contributed by atoms with Crippen molar-refractivity contribution in [1.29, 1.82) is 0 Å². The van der Waals surface area contributed by atoms with Gasteiger partial charge in [-0.05, 0) is 34.5 Å². The maximum atomic E-state index is 6.12. The molecule has 2 rings (SSSR count). The first-order valence-electron chi connectivity index (χ1n) is 6.28. The number of aryl methyl sites for hydroxylation is 1. The van der Waals surface area contributed by atoms with E-state index in [1.165, 1.54) is 0 Å². The van der Waals surface area contributed by atoms with Crippen molar-refractivity contribution >= 4 is 33.2 Å². The van der Waals surface area contributed by atoms with Crippen molar-refractivity contribution in [3.05, 3.63) is 39.6 Å². The van der Waals surface area contributed by atoms with Gasteiger partial charge in [0.2, 0.25) is 0 Å². The van der Waals surface area contributed by atoms with E-state index in [0.29, 0.717) is 11.7 Å². The van der Waals surface area contributed by atoms with Crippen molar-refractivity contribution in [3.63, 3.8) is 0 Å². The van der Waals surface area contributed by atoms with Crippen LogP contribution in [0.1, 0.15) is 31.3 Å². The van der Waals surface area contributed by atoms with Crippen LogP contribution in [0.4, 0.5) is 5.69 Å². The van der Waals surface area contributed by atoms with E-state index in [1.807, 2.05) is 12.1 Å². The molecule has 0 aliphatic heterocycles. The summed E-state index contributed by atoms with van der Waals surface area (Å²) in [5.41, 5.74) is 1.84. The van der Waals surface area contributed by atoms with E-state index in [0.717, 1.165) is 41.1 Å². The summed E-state index contributed by atoms with van der Waals surface area (Å²) in [4.78, 5) is 11.7. The number of unbranched alkanes of at least 4 members (excludes halogenated alkanes) is 1. The van der Waals surface area contributed by atoms with Crippen molar-refractivity contribution in [2.24, 2.45) is 0 Å². The molecule has 102 valence electrons. The molecular formula is C13H16BrClN4. The zero-order chi connectivity index (χ0) is 13.7. The van der Waals surface area contributed by atoms with Gasteiger partial charge in [-0.15, -0.1) is 0 Å². The third-order valence-electron chi connectivity index (χ3n) is 2.76. The fourth-order valence-electron chi connectivity index (χ4n) is 1.72. The van der Waals surface area contributed by atoms with Crippen LogP contribution >= 0.6 is 27.5 Å². The van der Waals surface area contributed by atoms with Gasteiger partial charge in [-0.3, -0.25) is 0 Å². The van der Waals surface area contributed by atoms with Crippen LogP contribution in [0.15, 0.2) is 22.9 Å². The number of H-pyrrole nitrogens is 1. The Hall–Kier alpha value is -1.07. The van der Waals surface area contributed by atoms with Gasteiger partial charge in [-0.1, -0.05) is 24.9 Å². The van der Waals surface area contributed by atoms with Gasteiger partial charge in [0.15, 0.2) is 5.15 Å². The van der Waals surface area contributed by atoms with Crippen molar-refractivity contribution < 1.29 is 0 Å². The van der Waals surface area contributed by atoms with Crippen LogP contribution in [0, 0.1) is 0 Å². The molecule has 0 fully saturated rings. The summed E-state index contributed by atoms with van der Waals surface area (Å²) in [7, 11) is 0. The van der Waals surface area contributed by atoms with Crippen LogP contribution in [0.5, 0.6) is 0 Å². The Balaban J connectivity index is 1.99. The second-order valence-electron chi connectivity index (χ2n) is 4.25. The minimum absolute atomic E-state index is 0.540. The second-order valence-corrected chi connectivity index (χ2v) is 5.36. The first kappa shape index (κ1) is 14.3. The van der Waals surface area contributed by atoms with Gasteiger partial charge in [0.05, 0.1) is 17.9 Å². The fourth-order valence-corrected chi connectivity index (χ4v) is 2.33. The summed E-state index contributed by atoms with van der Waals surface area (Å²) in [6.07, 6.45) is 4.94. The van der Waals surface area contributed by atoms with Crippen molar-refractivity contribution in [2.45, 2.75) is 32.7 Å². The molecule has 0 aliphatic rings. The largest absolute Gasteiger partial charge is 0.377 e. The lowest BCUT2D eigenvalue weighted by Gasteiger charge is -2.06. The molecule has 4 nitrogen and oxygen atoms in total. The normalized spacial score (nSPS) is 10.7. The van der Waals surface area contributed by atoms with E-state index in [9.17, 15) is 0 Å². The zero-order valence-electron chi connectivity index (χ0n) is 10.7. The molecule has 0 radical (unpaired) electrons. The van der Waals surface area contributed by atoms with Gasteiger partial charge in [-0.25, -0.2) is 9.97 Å². The maximum Gasteiger partial charge on any atom is 0.152 e. The predicted molar refractivity (Wildman–Crippen MR) is 81.5 cm³/mol. The lowest BCUT2D eigenvalue weighted by Crippen LogP contribution is -2.01. The summed E-state index contributed by atoms with van der Waals surface area (Å²) < 4.78 is 0.789. The fraction of sp³-hybridized carbons (Fsp3) is 0.385. The van der Waals surface area contributed by atoms with Gasteiger partial charge in [0.25, 0.3) is 0 Å². The van der Waals surface area contributed by atoms with E-state index in [1.54, 1.807) is 6.20 Å². The molecule has 2 aromatic rings. The second kappa shape index (κ2) is 6.91. The third kappa shape index (κ3) is 3.94. The molecule has 0 saturated heterocycles. The highest BCUT2D eigenvalue weighted by atomic mass is 79.9. The Kier molecular flexibility index (Phi) is 5.22. The summed E-state index contributed by atoms with van der Waals surface area (Å²) in [6.45, 7) is 2.76. The predicted octanol–water partition coefficient (Wildman–Crippen LogP) is 4.18. The molecule has 2 heterocycles. The number of hydrogen-bond donors (Lipinski definition) is 2. The standard InChI is InChI=1S/C13H16BrClN4/c1-2-3-6-11-18-10(13(15)19-11)8-17-9-5-4-7-16-12(9)14/h4-5,7,17H,2-3,6,8H2,1H3,(H,18,19). The summed E-state index contributed by atoms with van der Waals surface area (Å²) in [5.74, 6) is 0.953. The van der Waals surface area contributed by atoms with Crippen molar-refractivity contribution in [2.75, 3.05) is 5.32 Å². The number of rotatable bonds is 6.